The van der Waals surface area contributed by atoms with Gasteiger partial charge in [-0.15, -0.1) is 0 Å². The Bertz CT molecular complexity index is 786. The molecule has 0 bridgehead atoms. The van der Waals surface area contributed by atoms with Crippen LogP contribution >= 0.6 is 0 Å². The van der Waals surface area contributed by atoms with Crippen molar-refractivity contribution in [1.29, 1.82) is 0 Å². The van der Waals surface area contributed by atoms with Gasteiger partial charge < -0.3 is 25.2 Å². The zero-order valence-corrected chi connectivity index (χ0v) is 15.0. The van der Waals surface area contributed by atoms with Crippen LogP contribution in [0.5, 0.6) is 0 Å². The first-order chi connectivity index (χ1) is 12.9. The van der Waals surface area contributed by atoms with Gasteiger partial charge in [0.15, 0.2) is 5.78 Å². The fourth-order valence-corrected chi connectivity index (χ4v) is 3.35. The first kappa shape index (κ1) is 19.7. The number of Topliss-reactive ketones (excluding diaryl/α,β-unsaturated/α-hetero) is 1. The molecule has 6 heteroatoms. The summed E-state index contributed by atoms with van der Waals surface area (Å²) >= 11 is 0. The van der Waals surface area contributed by atoms with Crippen LogP contribution in [0.1, 0.15) is 40.1 Å². The standard InChI is InChI=1S/C21H24O6/c1-12(23)15-7-5-13(6-8-15)9-14-3-2-4-16(10-14)21-20(26)19(25)18(24)17(11-22)27-21/h2-8,10,17-22,24-26H,9,11H2,1H3/t17-,18-,19+,20-,21+/m1/s1. The Morgan fingerprint density at radius 3 is 2.30 bits per heavy atom. The molecule has 2 aromatic rings. The third-order valence-corrected chi connectivity index (χ3v) is 4.94. The summed E-state index contributed by atoms with van der Waals surface area (Å²) in [5, 5.41) is 39.5. The number of aliphatic hydroxyl groups is 4. The summed E-state index contributed by atoms with van der Waals surface area (Å²) in [6.45, 7) is 1.07. The van der Waals surface area contributed by atoms with Crippen LogP contribution in [0.3, 0.4) is 0 Å². The lowest BCUT2D eigenvalue weighted by Gasteiger charge is -2.40. The molecule has 144 valence electrons. The summed E-state index contributed by atoms with van der Waals surface area (Å²) in [6, 6.07) is 14.8. The Morgan fingerprint density at radius 1 is 0.963 bits per heavy atom. The van der Waals surface area contributed by atoms with Crippen molar-refractivity contribution in [3.05, 3.63) is 70.8 Å². The Kier molecular flexibility index (Phi) is 6.04. The molecule has 0 saturated carbocycles. The van der Waals surface area contributed by atoms with Crippen LogP contribution in [0.25, 0.3) is 0 Å². The third kappa shape index (κ3) is 4.26. The van der Waals surface area contributed by atoms with Crippen LogP contribution in [0.4, 0.5) is 0 Å². The predicted octanol–water partition coefficient (Wildman–Crippen LogP) is 0.995. The highest BCUT2D eigenvalue weighted by atomic mass is 16.5. The maximum atomic E-state index is 11.4. The largest absolute Gasteiger partial charge is 0.394 e. The van der Waals surface area contributed by atoms with Crippen LogP contribution in [0.2, 0.25) is 0 Å². The molecule has 3 rings (SSSR count). The fraction of sp³-hybridized carbons (Fsp3) is 0.381. The van der Waals surface area contributed by atoms with E-state index in [4.69, 9.17) is 4.74 Å². The molecule has 0 aliphatic carbocycles. The second kappa shape index (κ2) is 8.29. The lowest BCUT2D eigenvalue weighted by molar-refractivity contribution is -0.231. The van der Waals surface area contributed by atoms with Gasteiger partial charge in [-0.3, -0.25) is 4.79 Å². The van der Waals surface area contributed by atoms with Gasteiger partial charge >= 0.3 is 0 Å². The molecule has 1 heterocycles. The minimum Gasteiger partial charge on any atom is -0.394 e. The Hall–Kier alpha value is -2.09. The molecule has 1 fully saturated rings. The van der Waals surface area contributed by atoms with Crippen molar-refractivity contribution in [2.24, 2.45) is 0 Å². The molecule has 0 aromatic heterocycles. The molecular weight excluding hydrogens is 348 g/mol. The minimum atomic E-state index is -1.40. The summed E-state index contributed by atoms with van der Waals surface area (Å²) in [5.41, 5.74) is 3.32. The van der Waals surface area contributed by atoms with Crippen molar-refractivity contribution in [3.8, 4) is 0 Å². The van der Waals surface area contributed by atoms with E-state index in [1.54, 1.807) is 18.2 Å². The van der Waals surface area contributed by atoms with E-state index in [-0.39, 0.29) is 5.78 Å². The number of hydrogen-bond acceptors (Lipinski definition) is 6. The van der Waals surface area contributed by atoms with E-state index in [0.717, 1.165) is 11.1 Å². The zero-order chi connectivity index (χ0) is 19.6. The van der Waals surface area contributed by atoms with Crippen molar-refractivity contribution in [2.45, 2.75) is 43.9 Å². The normalized spacial score (nSPS) is 28.1. The highest BCUT2D eigenvalue weighted by Gasteiger charge is 2.43. The average Bonchev–Trinajstić information content (AvgIpc) is 2.67. The van der Waals surface area contributed by atoms with E-state index in [0.29, 0.717) is 17.5 Å². The Balaban J connectivity index is 1.79. The number of aliphatic hydroxyl groups excluding tert-OH is 4. The summed E-state index contributed by atoms with van der Waals surface area (Å²) in [4.78, 5) is 11.4. The molecule has 0 spiro atoms. The molecule has 0 amide bonds. The molecule has 1 aliphatic heterocycles. The van der Waals surface area contributed by atoms with Crippen LogP contribution in [0, 0.1) is 0 Å². The van der Waals surface area contributed by atoms with E-state index in [2.05, 4.69) is 0 Å². The minimum absolute atomic E-state index is 0.0196. The summed E-state index contributed by atoms with van der Waals surface area (Å²) in [6.07, 6.45) is -5.22. The molecule has 27 heavy (non-hydrogen) atoms. The van der Waals surface area contributed by atoms with Crippen molar-refractivity contribution in [2.75, 3.05) is 6.61 Å². The highest BCUT2D eigenvalue weighted by molar-refractivity contribution is 5.94. The maximum absolute atomic E-state index is 11.4. The summed E-state index contributed by atoms with van der Waals surface area (Å²) in [7, 11) is 0. The number of carbonyl (C=O) groups excluding carboxylic acids is 1. The Labute approximate surface area is 157 Å². The Morgan fingerprint density at radius 2 is 1.67 bits per heavy atom. The number of hydrogen-bond donors (Lipinski definition) is 4. The number of ether oxygens (including phenoxy) is 1. The first-order valence-electron chi connectivity index (χ1n) is 8.90. The predicted molar refractivity (Wildman–Crippen MR) is 98.4 cm³/mol. The SMILES string of the molecule is CC(=O)c1ccc(Cc2cccc([C@@H]3O[C@H](CO)[C@@H](O)[C@H](O)[C@H]3O)c2)cc1. The summed E-state index contributed by atoms with van der Waals surface area (Å²) < 4.78 is 5.62. The molecule has 6 nitrogen and oxygen atoms in total. The third-order valence-electron chi connectivity index (χ3n) is 4.94. The van der Waals surface area contributed by atoms with Crippen molar-refractivity contribution in [3.63, 3.8) is 0 Å². The van der Waals surface area contributed by atoms with Gasteiger partial charge in [0.05, 0.1) is 6.61 Å². The lowest BCUT2D eigenvalue weighted by atomic mass is 9.90. The molecule has 1 aliphatic rings. The quantitative estimate of drug-likeness (QED) is 0.583. The van der Waals surface area contributed by atoms with Crippen LogP contribution in [-0.4, -0.2) is 57.2 Å². The van der Waals surface area contributed by atoms with Gasteiger partial charge in [0.2, 0.25) is 0 Å². The number of carbonyl (C=O) groups is 1. The lowest BCUT2D eigenvalue weighted by Crippen LogP contribution is -2.55. The van der Waals surface area contributed by atoms with Crippen molar-refractivity contribution < 1.29 is 30.0 Å². The monoisotopic (exact) mass is 372 g/mol. The molecule has 1 saturated heterocycles. The molecule has 2 aromatic carbocycles. The van der Waals surface area contributed by atoms with Gasteiger partial charge in [-0.05, 0) is 30.0 Å². The fourth-order valence-electron chi connectivity index (χ4n) is 3.35. The molecule has 0 unspecified atom stereocenters. The van der Waals surface area contributed by atoms with Crippen molar-refractivity contribution in [1.82, 2.24) is 0 Å². The van der Waals surface area contributed by atoms with E-state index in [1.807, 2.05) is 30.3 Å². The smallest absolute Gasteiger partial charge is 0.159 e. The average molecular weight is 372 g/mol. The summed E-state index contributed by atoms with van der Waals surface area (Å²) in [5.74, 6) is 0.0196. The molecule has 4 N–H and O–H groups in total. The topological polar surface area (TPSA) is 107 Å². The van der Waals surface area contributed by atoms with Gasteiger partial charge in [0.25, 0.3) is 0 Å². The van der Waals surface area contributed by atoms with Gasteiger partial charge in [0, 0.05) is 5.56 Å². The second-order valence-electron chi connectivity index (χ2n) is 6.92. The van der Waals surface area contributed by atoms with E-state index in [1.165, 1.54) is 6.92 Å². The maximum Gasteiger partial charge on any atom is 0.159 e. The van der Waals surface area contributed by atoms with Gasteiger partial charge in [0.1, 0.15) is 30.5 Å². The van der Waals surface area contributed by atoms with Crippen LogP contribution in [0.15, 0.2) is 48.5 Å². The number of rotatable bonds is 5. The van der Waals surface area contributed by atoms with E-state index < -0.39 is 37.1 Å². The molecule has 0 radical (unpaired) electrons. The van der Waals surface area contributed by atoms with Crippen LogP contribution in [-0.2, 0) is 11.2 Å². The number of ketones is 1. The van der Waals surface area contributed by atoms with Crippen molar-refractivity contribution >= 4 is 5.78 Å². The molecule has 5 atom stereocenters. The molecular formula is C21H24O6. The van der Waals surface area contributed by atoms with Gasteiger partial charge in [-0.25, -0.2) is 0 Å². The second-order valence-corrected chi connectivity index (χ2v) is 6.92. The van der Waals surface area contributed by atoms with Gasteiger partial charge in [-0.2, -0.15) is 0 Å². The highest BCUT2D eigenvalue weighted by Crippen LogP contribution is 2.32. The first-order valence-corrected chi connectivity index (χ1v) is 8.90. The van der Waals surface area contributed by atoms with Gasteiger partial charge in [-0.1, -0.05) is 48.5 Å². The van der Waals surface area contributed by atoms with E-state index >= 15 is 0 Å². The van der Waals surface area contributed by atoms with E-state index in [9.17, 15) is 25.2 Å². The number of benzene rings is 2. The zero-order valence-electron chi connectivity index (χ0n) is 15.0. The van der Waals surface area contributed by atoms with Crippen LogP contribution < -0.4 is 0 Å².